The second-order valence-corrected chi connectivity index (χ2v) is 8.26. The van der Waals surface area contributed by atoms with Gasteiger partial charge in [-0.05, 0) is 32.3 Å². The average molecular weight is 480 g/mol. The van der Waals surface area contributed by atoms with Gasteiger partial charge in [-0.1, -0.05) is 40.0 Å². The van der Waals surface area contributed by atoms with E-state index in [0.29, 0.717) is 19.8 Å². The van der Waals surface area contributed by atoms with Crippen molar-refractivity contribution in [1.82, 2.24) is 0 Å². The molecule has 7 nitrogen and oxygen atoms in total. The van der Waals surface area contributed by atoms with Gasteiger partial charge in [-0.15, -0.1) is 0 Å². The zero-order valence-electron chi connectivity index (χ0n) is 20.7. The number of allylic oxidation sites excluding steroid dienone is 1. The molecule has 0 bridgehead atoms. The quantitative estimate of drug-likeness (QED) is 0.231. The Morgan fingerprint density at radius 2 is 1.67 bits per heavy atom. The number of hydrogen-bond acceptors (Lipinski definition) is 7. The number of unbranched alkanes of at least 4 members (excludes halogenated alkanes) is 3. The van der Waals surface area contributed by atoms with Crippen LogP contribution in [0.4, 0.5) is 8.78 Å². The highest BCUT2D eigenvalue weighted by molar-refractivity contribution is 5.75. The van der Waals surface area contributed by atoms with E-state index < -0.39 is 48.4 Å². The molecule has 1 aliphatic rings. The smallest absolute Gasteiger partial charge is 0.323 e. The maximum atomic E-state index is 15.2. The molecule has 1 unspecified atom stereocenters. The maximum Gasteiger partial charge on any atom is 0.323 e. The summed E-state index contributed by atoms with van der Waals surface area (Å²) < 4.78 is 58.5. The molecule has 2 N–H and O–H groups in total. The summed E-state index contributed by atoms with van der Waals surface area (Å²) in [6.45, 7) is 9.26. The first-order chi connectivity index (χ1) is 15.8. The lowest BCUT2D eigenvalue weighted by Crippen LogP contribution is -2.50. The van der Waals surface area contributed by atoms with Crippen molar-refractivity contribution in [3.8, 4) is 0 Å². The fourth-order valence-electron chi connectivity index (χ4n) is 3.29. The van der Waals surface area contributed by atoms with Gasteiger partial charge in [0.25, 0.3) is 0 Å². The van der Waals surface area contributed by atoms with E-state index in [1.165, 1.54) is 6.08 Å². The Morgan fingerprint density at radius 1 is 1.06 bits per heavy atom. The summed E-state index contributed by atoms with van der Waals surface area (Å²) in [4.78, 5) is 11.8. The predicted octanol–water partition coefficient (Wildman–Crippen LogP) is 4.37. The third-order valence-corrected chi connectivity index (χ3v) is 5.25. The highest BCUT2D eigenvalue weighted by Gasteiger charge is 2.47. The van der Waals surface area contributed by atoms with Crippen LogP contribution in [0.1, 0.15) is 72.6 Å². The van der Waals surface area contributed by atoms with Crippen molar-refractivity contribution in [2.24, 2.45) is 5.73 Å². The maximum absolute atomic E-state index is 15.2. The zero-order chi connectivity index (χ0) is 24.7. The summed E-state index contributed by atoms with van der Waals surface area (Å²) in [7, 11) is 0. The normalized spacial score (nSPS) is 21.9. The Hall–Kier alpha value is -1.29. The topological polar surface area (TPSA) is 89.2 Å². The van der Waals surface area contributed by atoms with Gasteiger partial charge in [0, 0.05) is 26.2 Å². The molecule has 0 saturated heterocycles. The van der Waals surface area contributed by atoms with Crippen LogP contribution in [0.25, 0.3) is 0 Å². The SMILES string of the molecule is CCCCOC[C@H]1OC(C(F)(F)CC(N)C(=O)OCC)=C[C@@H](OCCCC)[C@H]1OCCCC. The molecule has 0 aromatic rings. The summed E-state index contributed by atoms with van der Waals surface area (Å²) >= 11 is 0. The number of halogens is 2. The van der Waals surface area contributed by atoms with Crippen LogP contribution in [0.2, 0.25) is 0 Å². The number of esters is 1. The third kappa shape index (κ3) is 10.7. The van der Waals surface area contributed by atoms with Gasteiger partial charge in [-0.3, -0.25) is 4.79 Å². The van der Waals surface area contributed by atoms with Crippen LogP contribution in [0.15, 0.2) is 11.8 Å². The van der Waals surface area contributed by atoms with Gasteiger partial charge in [-0.25, -0.2) is 0 Å². The van der Waals surface area contributed by atoms with Gasteiger partial charge in [0.2, 0.25) is 0 Å². The number of carbonyl (C=O) groups excluding carboxylic acids is 1. The second-order valence-electron chi connectivity index (χ2n) is 8.26. The number of hydrogen-bond donors (Lipinski definition) is 1. The van der Waals surface area contributed by atoms with Crippen molar-refractivity contribution >= 4 is 5.97 Å². The fraction of sp³-hybridized carbons (Fsp3) is 0.875. The summed E-state index contributed by atoms with van der Waals surface area (Å²) in [6.07, 6.45) is 3.58. The van der Waals surface area contributed by atoms with Crippen LogP contribution in [-0.4, -0.2) is 69.3 Å². The van der Waals surface area contributed by atoms with Crippen molar-refractivity contribution in [1.29, 1.82) is 0 Å². The lowest BCUT2D eigenvalue weighted by molar-refractivity contribution is -0.168. The van der Waals surface area contributed by atoms with Gasteiger partial charge < -0.3 is 29.4 Å². The first kappa shape index (κ1) is 29.7. The molecular weight excluding hydrogens is 436 g/mol. The van der Waals surface area contributed by atoms with Crippen LogP contribution < -0.4 is 5.73 Å². The minimum absolute atomic E-state index is 0.0681. The van der Waals surface area contributed by atoms with Crippen molar-refractivity contribution in [3.05, 3.63) is 11.8 Å². The van der Waals surface area contributed by atoms with Crippen LogP contribution >= 0.6 is 0 Å². The Morgan fingerprint density at radius 3 is 2.27 bits per heavy atom. The minimum Gasteiger partial charge on any atom is -0.483 e. The molecule has 1 heterocycles. The molecule has 0 aliphatic carbocycles. The lowest BCUT2D eigenvalue weighted by atomic mass is 9.99. The average Bonchev–Trinajstić information content (AvgIpc) is 2.77. The van der Waals surface area contributed by atoms with E-state index in [9.17, 15) is 4.79 Å². The predicted molar refractivity (Wildman–Crippen MR) is 122 cm³/mol. The van der Waals surface area contributed by atoms with Gasteiger partial charge in [0.15, 0.2) is 11.9 Å². The van der Waals surface area contributed by atoms with Crippen LogP contribution in [0.5, 0.6) is 0 Å². The van der Waals surface area contributed by atoms with Gasteiger partial charge in [0.05, 0.1) is 13.2 Å². The molecule has 194 valence electrons. The number of alkyl halides is 2. The first-order valence-electron chi connectivity index (χ1n) is 12.3. The molecule has 1 rings (SSSR count). The van der Waals surface area contributed by atoms with Crippen molar-refractivity contribution in [2.75, 3.05) is 33.0 Å². The summed E-state index contributed by atoms with van der Waals surface area (Å²) in [6, 6.07) is -1.47. The second kappa shape index (κ2) is 16.4. The van der Waals surface area contributed by atoms with E-state index in [0.717, 1.165) is 38.5 Å². The van der Waals surface area contributed by atoms with Crippen LogP contribution in [-0.2, 0) is 28.5 Å². The molecule has 1 aliphatic heterocycles. The Labute approximate surface area is 197 Å². The van der Waals surface area contributed by atoms with E-state index in [2.05, 4.69) is 0 Å². The number of nitrogens with two attached hydrogens (primary N) is 1. The molecule has 0 fully saturated rings. The van der Waals surface area contributed by atoms with Gasteiger partial charge in [-0.2, -0.15) is 8.78 Å². The minimum atomic E-state index is -3.48. The molecule has 9 heteroatoms. The highest BCUT2D eigenvalue weighted by Crippen LogP contribution is 2.36. The van der Waals surface area contributed by atoms with Crippen LogP contribution in [0.3, 0.4) is 0 Å². The molecule has 0 amide bonds. The van der Waals surface area contributed by atoms with E-state index in [1.807, 2.05) is 20.8 Å². The molecular formula is C24H43F2NO6. The van der Waals surface area contributed by atoms with Crippen molar-refractivity contribution in [3.63, 3.8) is 0 Å². The molecule has 0 spiro atoms. The Kier molecular flexibility index (Phi) is 14.7. The van der Waals surface area contributed by atoms with E-state index in [4.69, 9.17) is 29.4 Å². The molecule has 0 saturated carbocycles. The number of ether oxygens (including phenoxy) is 5. The van der Waals surface area contributed by atoms with E-state index in [-0.39, 0.29) is 13.2 Å². The lowest BCUT2D eigenvalue weighted by Gasteiger charge is -2.39. The molecule has 0 aromatic heterocycles. The summed E-state index contributed by atoms with van der Waals surface area (Å²) in [5.41, 5.74) is 5.67. The third-order valence-electron chi connectivity index (χ3n) is 5.25. The molecule has 0 aromatic carbocycles. The largest absolute Gasteiger partial charge is 0.483 e. The fourth-order valence-corrected chi connectivity index (χ4v) is 3.29. The molecule has 4 atom stereocenters. The number of rotatable bonds is 18. The van der Waals surface area contributed by atoms with Gasteiger partial charge >= 0.3 is 11.9 Å². The Balaban J connectivity index is 3.09. The standard InChI is InChI=1S/C24H43F2NO6/c1-5-9-12-29-17-20-22(32-14-11-7-3)19(31-13-10-6-2)15-21(33-20)24(25,26)16-18(27)23(28)30-8-4/h15,18-20,22H,5-14,16-17,27H2,1-4H3/t18?,19-,20-,22-/m1/s1. The summed E-state index contributed by atoms with van der Waals surface area (Å²) in [5.74, 6) is -4.91. The summed E-state index contributed by atoms with van der Waals surface area (Å²) in [5, 5.41) is 0. The highest BCUT2D eigenvalue weighted by atomic mass is 19.3. The van der Waals surface area contributed by atoms with E-state index in [1.54, 1.807) is 6.92 Å². The number of carbonyl (C=O) groups is 1. The first-order valence-corrected chi connectivity index (χ1v) is 12.3. The molecule has 33 heavy (non-hydrogen) atoms. The van der Waals surface area contributed by atoms with Gasteiger partial charge in [0.1, 0.15) is 18.2 Å². The van der Waals surface area contributed by atoms with E-state index >= 15 is 8.78 Å². The van der Waals surface area contributed by atoms with Crippen molar-refractivity contribution in [2.45, 2.75) is 103 Å². The monoisotopic (exact) mass is 479 g/mol. The molecule has 0 radical (unpaired) electrons. The van der Waals surface area contributed by atoms with Crippen molar-refractivity contribution < 1.29 is 37.3 Å². The van der Waals surface area contributed by atoms with Crippen LogP contribution in [0, 0.1) is 0 Å². The zero-order valence-corrected chi connectivity index (χ0v) is 20.7. The Bertz CT molecular complexity index is 575.